The third-order valence-corrected chi connectivity index (χ3v) is 7.36. The van der Waals surface area contributed by atoms with E-state index in [0.717, 1.165) is 17.0 Å². The van der Waals surface area contributed by atoms with E-state index in [1.54, 1.807) is 33.8 Å². The molecule has 1 aliphatic rings. The summed E-state index contributed by atoms with van der Waals surface area (Å²) in [7, 11) is 0. The number of para-hydroxylation sites is 1. The number of benzene rings is 3. The monoisotopic (exact) mass is 535 g/mol. The minimum atomic E-state index is -1.13. The standard InChI is InChI=1S/C31H29N5O4/c1-22-7-11-24(12-8-22)36-28-27(19-33-36)30(38)35(21-32-28)20-31(39)15-17-34(18-16-31)29(37)23-9-13-26(14-10-23)40-25-5-3-2-4-6-25/h2-14,19,21,39H,15-18,20H2,1H3. The normalized spacial score (nSPS) is 14.8. The van der Waals surface area contributed by atoms with Crippen LogP contribution in [-0.2, 0) is 6.54 Å². The molecule has 0 spiro atoms. The highest BCUT2D eigenvalue weighted by Gasteiger charge is 2.35. The Morgan fingerprint density at radius 1 is 0.950 bits per heavy atom. The van der Waals surface area contributed by atoms with E-state index in [-0.39, 0.29) is 18.0 Å². The molecule has 0 aliphatic carbocycles. The van der Waals surface area contributed by atoms with Gasteiger partial charge in [-0.1, -0.05) is 35.9 Å². The highest BCUT2D eigenvalue weighted by atomic mass is 16.5. The lowest BCUT2D eigenvalue weighted by atomic mass is 9.91. The van der Waals surface area contributed by atoms with Crippen LogP contribution < -0.4 is 10.3 Å². The zero-order chi connectivity index (χ0) is 27.7. The largest absolute Gasteiger partial charge is 0.457 e. The summed E-state index contributed by atoms with van der Waals surface area (Å²) in [5.41, 5.74) is 1.59. The number of hydrogen-bond acceptors (Lipinski definition) is 6. The van der Waals surface area contributed by atoms with Crippen molar-refractivity contribution in [1.82, 2.24) is 24.2 Å². The summed E-state index contributed by atoms with van der Waals surface area (Å²) in [5, 5.41) is 16.1. The summed E-state index contributed by atoms with van der Waals surface area (Å²) in [6.07, 6.45) is 3.68. The number of carbonyl (C=O) groups excluding carboxylic acids is 1. The van der Waals surface area contributed by atoms with Crippen LogP contribution in [0.25, 0.3) is 16.7 Å². The fraction of sp³-hybridized carbons (Fsp3) is 0.226. The smallest absolute Gasteiger partial charge is 0.264 e. The Morgan fingerprint density at radius 2 is 1.62 bits per heavy atom. The first-order chi connectivity index (χ1) is 19.4. The van der Waals surface area contributed by atoms with Crippen LogP contribution in [0.15, 0.2) is 96.2 Å². The molecule has 2 aromatic heterocycles. The van der Waals surface area contributed by atoms with Crippen LogP contribution in [0.2, 0.25) is 0 Å². The summed E-state index contributed by atoms with van der Waals surface area (Å²) >= 11 is 0. The van der Waals surface area contributed by atoms with Gasteiger partial charge in [0.1, 0.15) is 23.2 Å². The first-order valence-electron chi connectivity index (χ1n) is 13.2. The second kappa shape index (κ2) is 10.4. The van der Waals surface area contributed by atoms with Crippen molar-refractivity contribution in [1.29, 1.82) is 0 Å². The molecule has 0 radical (unpaired) electrons. The van der Waals surface area contributed by atoms with Crippen LogP contribution in [-0.4, -0.2) is 53.9 Å². The number of piperidine rings is 1. The van der Waals surface area contributed by atoms with Crippen molar-refractivity contribution in [3.05, 3.63) is 113 Å². The Bertz CT molecular complexity index is 1700. The van der Waals surface area contributed by atoms with Gasteiger partial charge in [0.15, 0.2) is 5.65 Å². The minimum absolute atomic E-state index is 0.0953. The number of aliphatic hydroxyl groups is 1. The molecule has 0 saturated carbocycles. The van der Waals surface area contributed by atoms with Gasteiger partial charge in [-0.25, -0.2) is 9.67 Å². The maximum absolute atomic E-state index is 13.2. The molecular weight excluding hydrogens is 506 g/mol. The zero-order valence-electron chi connectivity index (χ0n) is 22.1. The first kappa shape index (κ1) is 25.5. The van der Waals surface area contributed by atoms with Gasteiger partial charge in [-0.3, -0.25) is 14.2 Å². The van der Waals surface area contributed by atoms with Gasteiger partial charge in [0.05, 0.1) is 24.0 Å². The van der Waals surface area contributed by atoms with E-state index in [1.165, 1.54) is 17.1 Å². The molecule has 40 heavy (non-hydrogen) atoms. The quantitative estimate of drug-likeness (QED) is 0.347. The van der Waals surface area contributed by atoms with E-state index in [2.05, 4.69) is 10.1 Å². The number of aryl methyl sites for hydroxylation is 1. The molecule has 9 nitrogen and oxygen atoms in total. The van der Waals surface area contributed by atoms with Gasteiger partial charge < -0.3 is 14.7 Å². The molecule has 0 atom stereocenters. The lowest BCUT2D eigenvalue weighted by Crippen LogP contribution is -2.49. The van der Waals surface area contributed by atoms with Gasteiger partial charge in [0.25, 0.3) is 11.5 Å². The Labute approximate surface area is 230 Å². The van der Waals surface area contributed by atoms with E-state index in [9.17, 15) is 14.7 Å². The number of carbonyl (C=O) groups is 1. The zero-order valence-corrected chi connectivity index (χ0v) is 22.1. The van der Waals surface area contributed by atoms with E-state index < -0.39 is 5.60 Å². The van der Waals surface area contributed by atoms with E-state index in [4.69, 9.17) is 4.74 Å². The van der Waals surface area contributed by atoms with Crippen molar-refractivity contribution in [3.8, 4) is 17.2 Å². The summed E-state index contributed by atoms with van der Waals surface area (Å²) < 4.78 is 8.89. The molecule has 0 bridgehead atoms. The lowest BCUT2D eigenvalue weighted by molar-refractivity contribution is -0.0299. The molecule has 0 unspecified atom stereocenters. The molecule has 1 N–H and O–H groups in total. The van der Waals surface area contributed by atoms with Crippen LogP contribution in [0.4, 0.5) is 0 Å². The van der Waals surface area contributed by atoms with Crippen molar-refractivity contribution in [2.24, 2.45) is 0 Å². The average molecular weight is 536 g/mol. The van der Waals surface area contributed by atoms with Crippen LogP contribution >= 0.6 is 0 Å². The molecule has 202 valence electrons. The van der Waals surface area contributed by atoms with E-state index in [0.29, 0.717) is 48.3 Å². The van der Waals surface area contributed by atoms with Crippen LogP contribution in [0, 0.1) is 6.92 Å². The van der Waals surface area contributed by atoms with Crippen molar-refractivity contribution < 1.29 is 14.6 Å². The molecule has 1 fully saturated rings. The van der Waals surface area contributed by atoms with Crippen LogP contribution in [0.5, 0.6) is 11.5 Å². The maximum Gasteiger partial charge on any atom is 0.264 e. The Hall–Kier alpha value is -4.76. The molecule has 5 aromatic rings. The summed E-state index contributed by atoms with van der Waals surface area (Å²) in [4.78, 5) is 32.6. The minimum Gasteiger partial charge on any atom is -0.457 e. The van der Waals surface area contributed by atoms with Crippen LogP contribution in [0.3, 0.4) is 0 Å². The SMILES string of the molecule is Cc1ccc(-n2ncc3c(=O)n(CC4(O)CCN(C(=O)c5ccc(Oc6ccccc6)cc5)CC4)cnc32)cc1. The summed E-state index contributed by atoms with van der Waals surface area (Å²) in [6.45, 7) is 2.87. The number of likely N-dealkylation sites (tertiary alicyclic amines) is 1. The van der Waals surface area contributed by atoms with E-state index >= 15 is 0 Å². The first-order valence-corrected chi connectivity index (χ1v) is 13.2. The van der Waals surface area contributed by atoms with Gasteiger partial charge in [0.2, 0.25) is 0 Å². The van der Waals surface area contributed by atoms with Crippen LogP contribution in [0.1, 0.15) is 28.8 Å². The van der Waals surface area contributed by atoms with Gasteiger partial charge in [-0.15, -0.1) is 0 Å². The molecule has 1 aliphatic heterocycles. The topological polar surface area (TPSA) is 102 Å². The molecular formula is C31H29N5O4. The predicted molar refractivity (Wildman–Crippen MR) is 151 cm³/mol. The number of nitrogens with zero attached hydrogens (tertiary/aromatic N) is 5. The third-order valence-electron chi connectivity index (χ3n) is 7.36. The number of ether oxygens (including phenoxy) is 1. The van der Waals surface area contributed by atoms with Crippen molar-refractivity contribution in [2.45, 2.75) is 31.9 Å². The number of rotatable bonds is 6. The Morgan fingerprint density at radius 3 is 2.33 bits per heavy atom. The maximum atomic E-state index is 13.2. The third kappa shape index (κ3) is 5.11. The van der Waals surface area contributed by atoms with Gasteiger partial charge in [-0.05, 0) is 68.3 Å². The lowest BCUT2D eigenvalue weighted by Gasteiger charge is -2.38. The van der Waals surface area contributed by atoms with Gasteiger partial charge in [-0.2, -0.15) is 5.10 Å². The van der Waals surface area contributed by atoms with E-state index in [1.807, 2.05) is 61.5 Å². The second-order valence-corrected chi connectivity index (χ2v) is 10.3. The highest BCUT2D eigenvalue weighted by molar-refractivity contribution is 5.94. The van der Waals surface area contributed by atoms with Crippen molar-refractivity contribution >= 4 is 16.9 Å². The van der Waals surface area contributed by atoms with Gasteiger partial charge >= 0.3 is 0 Å². The fourth-order valence-electron chi connectivity index (χ4n) is 5.01. The molecule has 6 rings (SSSR count). The molecule has 9 heteroatoms. The van der Waals surface area contributed by atoms with Crippen molar-refractivity contribution in [3.63, 3.8) is 0 Å². The highest BCUT2D eigenvalue weighted by Crippen LogP contribution is 2.26. The summed E-state index contributed by atoms with van der Waals surface area (Å²) in [5.74, 6) is 1.28. The predicted octanol–water partition coefficient (Wildman–Crippen LogP) is 4.35. The molecule has 1 amide bonds. The Balaban J connectivity index is 1.11. The number of amides is 1. The van der Waals surface area contributed by atoms with Crippen molar-refractivity contribution in [2.75, 3.05) is 13.1 Å². The fourth-order valence-corrected chi connectivity index (χ4v) is 5.01. The number of fused-ring (bicyclic) bond motifs is 1. The molecule has 3 heterocycles. The van der Waals surface area contributed by atoms with Gasteiger partial charge in [0, 0.05) is 18.7 Å². The second-order valence-electron chi connectivity index (χ2n) is 10.3. The number of aromatic nitrogens is 4. The average Bonchev–Trinajstić information content (AvgIpc) is 3.41. The summed E-state index contributed by atoms with van der Waals surface area (Å²) in [6, 6.07) is 24.3. The number of hydrogen-bond donors (Lipinski definition) is 1. The molecule has 1 saturated heterocycles. The molecule has 3 aromatic carbocycles. The Kier molecular flexibility index (Phi) is 6.65.